The Bertz CT molecular complexity index is 533. The van der Waals surface area contributed by atoms with E-state index in [4.69, 9.17) is 10.3 Å². The van der Waals surface area contributed by atoms with Crippen LogP contribution in [0.15, 0.2) is 28.2 Å². The molecule has 1 rings (SSSR count). The summed E-state index contributed by atoms with van der Waals surface area (Å²) in [6, 6.07) is 4.19. The van der Waals surface area contributed by atoms with Gasteiger partial charge in [-0.05, 0) is 23.7 Å². The summed E-state index contributed by atoms with van der Waals surface area (Å²) in [4.78, 5) is 2.74. The Morgan fingerprint density at radius 3 is 2.69 bits per heavy atom. The normalized spacial score (nSPS) is 10.6. The molecule has 0 aliphatic rings. The van der Waals surface area contributed by atoms with E-state index in [1.165, 1.54) is 25.3 Å². The summed E-state index contributed by atoms with van der Waals surface area (Å²) in [6.45, 7) is 1.55. The molecular weight excluding hydrogens is 230 g/mol. The van der Waals surface area contributed by atoms with Gasteiger partial charge in [0.1, 0.15) is 5.75 Å². The number of sulfone groups is 1. The Morgan fingerprint density at radius 2 is 2.19 bits per heavy atom. The number of ether oxygens (including phenoxy) is 1. The van der Waals surface area contributed by atoms with Gasteiger partial charge < -0.3 is 4.74 Å². The number of methoxy groups -OCH3 is 1. The molecule has 0 aromatic heterocycles. The Kier molecular flexibility index (Phi) is 3.76. The summed E-state index contributed by atoms with van der Waals surface area (Å²) in [5.74, 6) is 0.336. The van der Waals surface area contributed by atoms with E-state index in [-0.39, 0.29) is 16.3 Å². The summed E-state index contributed by atoms with van der Waals surface area (Å²) < 4.78 is 28.1. The summed E-state index contributed by atoms with van der Waals surface area (Å²) in [6.07, 6.45) is 0. The number of hydrogen-bond donors (Lipinski definition) is 0. The Balaban J connectivity index is 3.38. The first kappa shape index (κ1) is 12.4. The number of azide groups is 1. The molecule has 0 N–H and O–H groups in total. The molecule has 0 saturated heterocycles. The lowest BCUT2D eigenvalue weighted by molar-refractivity contribution is 0.415. The topological polar surface area (TPSA) is 92.1 Å². The number of nitrogens with zero attached hydrogens (tertiary/aromatic N) is 3. The van der Waals surface area contributed by atoms with Crippen molar-refractivity contribution in [3.63, 3.8) is 0 Å². The third-order valence-corrected chi connectivity index (χ3v) is 3.77. The minimum Gasteiger partial charge on any atom is -0.496 e. The van der Waals surface area contributed by atoms with E-state index >= 15 is 0 Å². The molecular formula is C9H11N3O3S. The molecule has 0 atom stereocenters. The predicted molar refractivity (Wildman–Crippen MR) is 59.5 cm³/mol. The first-order chi connectivity index (χ1) is 7.55. The lowest BCUT2D eigenvalue weighted by Crippen LogP contribution is -2.03. The fourth-order valence-corrected chi connectivity index (χ4v) is 2.06. The smallest absolute Gasteiger partial charge is 0.178 e. The zero-order chi connectivity index (χ0) is 12.2. The second kappa shape index (κ2) is 4.87. The molecule has 0 aliphatic heterocycles. The third kappa shape index (κ3) is 2.44. The van der Waals surface area contributed by atoms with Gasteiger partial charge in [-0.2, -0.15) is 0 Å². The van der Waals surface area contributed by atoms with Gasteiger partial charge in [-0.1, -0.05) is 12.0 Å². The molecule has 0 fully saturated rings. The van der Waals surface area contributed by atoms with Crippen molar-refractivity contribution in [2.45, 2.75) is 11.8 Å². The molecule has 0 radical (unpaired) electrons. The van der Waals surface area contributed by atoms with Crippen LogP contribution in [0, 0.1) is 0 Å². The van der Waals surface area contributed by atoms with Crippen molar-refractivity contribution < 1.29 is 13.2 Å². The van der Waals surface area contributed by atoms with Gasteiger partial charge in [0.2, 0.25) is 0 Å². The molecule has 1 aromatic rings. The highest BCUT2D eigenvalue weighted by Crippen LogP contribution is 2.30. The molecule has 0 spiro atoms. The largest absolute Gasteiger partial charge is 0.496 e. The van der Waals surface area contributed by atoms with Crippen LogP contribution in [0.25, 0.3) is 10.4 Å². The van der Waals surface area contributed by atoms with Gasteiger partial charge in [0.15, 0.2) is 9.84 Å². The quantitative estimate of drug-likeness (QED) is 0.460. The van der Waals surface area contributed by atoms with Crippen LogP contribution in [-0.2, 0) is 9.84 Å². The van der Waals surface area contributed by atoms with E-state index in [1.807, 2.05) is 0 Å². The van der Waals surface area contributed by atoms with E-state index in [0.717, 1.165) is 0 Å². The fourth-order valence-electron chi connectivity index (χ4n) is 1.16. The Labute approximate surface area is 93.4 Å². The lowest BCUT2D eigenvalue weighted by Gasteiger charge is -2.06. The SMILES string of the molecule is CCS(=O)(=O)c1ccc(OC)c(N=[N+]=[N-])c1. The zero-order valence-electron chi connectivity index (χ0n) is 8.91. The van der Waals surface area contributed by atoms with E-state index in [9.17, 15) is 8.42 Å². The maximum Gasteiger partial charge on any atom is 0.178 e. The molecule has 1 aromatic carbocycles. The van der Waals surface area contributed by atoms with Gasteiger partial charge in [0, 0.05) is 4.91 Å². The molecule has 0 aliphatic carbocycles. The van der Waals surface area contributed by atoms with Crippen LogP contribution in [0.4, 0.5) is 5.69 Å². The second-order valence-corrected chi connectivity index (χ2v) is 5.20. The third-order valence-electron chi connectivity index (χ3n) is 2.04. The maximum atomic E-state index is 11.6. The van der Waals surface area contributed by atoms with Gasteiger partial charge >= 0.3 is 0 Å². The van der Waals surface area contributed by atoms with Crippen molar-refractivity contribution in [3.8, 4) is 5.75 Å². The van der Waals surface area contributed by atoms with E-state index in [0.29, 0.717) is 5.75 Å². The highest BCUT2D eigenvalue weighted by molar-refractivity contribution is 7.91. The van der Waals surface area contributed by atoms with Gasteiger partial charge in [0.05, 0.1) is 23.4 Å². The zero-order valence-corrected chi connectivity index (χ0v) is 9.73. The molecule has 0 bridgehead atoms. The van der Waals surface area contributed by atoms with Gasteiger partial charge in [-0.25, -0.2) is 8.42 Å². The average Bonchev–Trinajstić information content (AvgIpc) is 2.29. The predicted octanol–water partition coefficient (Wildman–Crippen LogP) is 2.43. The van der Waals surface area contributed by atoms with E-state index in [2.05, 4.69) is 10.0 Å². The molecule has 86 valence electrons. The second-order valence-electron chi connectivity index (χ2n) is 2.93. The highest BCUT2D eigenvalue weighted by Gasteiger charge is 2.13. The van der Waals surface area contributed by atoms with Crippen LogP contribution in [0.2, 0.25) is 0 Å². The van der Waals surface area contributed by atoms with Crippen molar-refractivity contribution in [1.29, 1.82) is 0 Å². The summed E-state index contributed by atoms with van der Waals surface area (Å²) in [5.41, 5.74) is 8.51. The van der Waals surface area contributed by atoms with Gasteiger partial charge in [0.25, 0.3) is 0 Å². The van der Waals surface area contributed by atoms with Crippen molar-refractivity contribution >= 4 is 15.5 Å². The molecule has 0 saturated carbocycles. The molecule has 7 heteroatoms. The molecule has 6 nitrogen and oxygen atoms in total. The van der Waals surface area contributed by atoms with Crippen LogP contribution in [0.1, 0.15) is 6.92 Å². The first-order valence-corrected chi connectivity index (χ1v) is 6.16. The summed E-state index contributed by atoms with van der Waals surface area (Å²) in [5, 5.41) is 3.38. The minimum atomic E-state index is -3.30. The van der Waals surface area contributed by atoms with Crippen molar-refractivity contribution in [2.75, 3.05) is 12.9 Å². The lowest BCUT2D eigenvalue weighted by atomic mass is 10.3. The molecule has 16 heavy (non-hydrogen) atoms. The maximum absolute atomic E-state index is 11.6. The van der Waals surface area contributed by atoms with Crippen LogP contribution >= 0.6 is 0 Å². The van der Waals surface area contributed by atoms with E-state index in [1.54, 1.807) is 6.92 Å². The van der Waals surface area contributed by atoms with Crippen LogP contribution in [0.5, 0.6) is 5.75 Å². The van der Waals surface area contributed by atoms with Crippen LogP contribution in [0.3, 0.4) is 0 Å². The summed E-state index contributed by atoms with van der Waals surface area (Å²) in [7, 11) is -1.89. The van der Waals surface area contributed by atoms with Crippen LogP contribution in [-0.4, -0.2) is 21.3 Å². The first-order valence-electron chi connectivity index (χ1n) is 4.51. The molecule has 0 amide bonds. The summed E-state index contributed by atoms with van der Waals surface area (Å²) >= 11 is 0. The Morgan fingerprint density at radius 1 is 1.50 bits per heavy atom. The number of hydrogen-bond acceptors (Lipinski definition) is 4. The molecule has 0 unspecified atom stereocenters. The fraction of sp³-hybridized carbons (Fsp3) is 0.333. The van der Waals surface area contributed by atoms with Gasteiger partial charge in [-0.15, -0.1) is 0 Å². The standard InChI is InChI=1S/C9H11N3O3S/c1-3-16(13,14)7-4-5-9(15-2)8(6-7)11-12-10/h4-6H,3H2,1-2H3. The number of rotatable bonds is 4. The van der Waals surface area contributed by atoms with Gasteiger partial charge in [-0.3, -0.25) is 0 Å². The van der Waals surface area contributed by atoms with Crippen molar-refractivity contribution in [2.24, 2.45) is 5.11 Å². The van der Waals surface area contributed by atoms with Crippen molar-refractivity contribution in [1.82, 2.24) is 0 Å². The Hall–Kier alpha value is -1.72. The average molecular weight is 241 g/mol. The van der Waals surface area contributed by atoms with Crippen molar-refractivity contribution in [3.05, 3.63) is 28.6 Å². The monoisotopic (exact) mass is 241 g/mol. The highest BCUT2D eigenvalue weighted by atomic mass is 32.2. The minimum absolute atomic E-state index is 0.00492. The number of benzene rings is 1. The van der Waals surface area contributed by atoms with Crippen LogP contribution < -0.4 is 4.74 Å². The molecule has 0 heterocycles. The van der Waals surface area contributed by atoms with E-state index < -0.39 is 9.84 Å².